The lowest BCUT2D eigenvalue weighted by Crippen LogP contribution is -2.09. The molecule has 3 aromatic carbocycles. The molecule has 0 saturated carbocycles. The van der Waals surface area contributed by atoms with Crippen molar-refractivity contribution in [1.29, 1.82) is 0 Å². The maximum atomic E-state index is 12.8. The molecule has 0 bridgehead atoms. The minimum atomic E-state index is -4.39. The number of halogens is 3. The van der Waals surface area contributed by atoms with E-state index in [2.05, 4.69) is 10.3 Å². The number of alkyl halides is 3. The second-order valence-corrected chi connectivity index (χ2v) is 7.67. The fourth-order valence-electron chi connectivity index (χ4n) is 3.42. The molecule has 0 spiro atoms. The maximum absolute atomic E-state index is 12.8. The Bertz CT molecular complexity index is 1320. The topological polar surface area (TPSA) is 75.5 Å². The van der Waals surface area contributed by atoms with E-state index in [-0.39, 0.29) is 24.7 Å². The molecule has 36 heavy (non-hydrogen) atoms. The van der Waals surface area contributed by atoms with E-state index in [0.717, 1.165) is 17.7 Å². The average Bonchev–Trinajstić information content (AvgIpc) is 3.26. The number of hydrogen-bond donors (Lipinski definition) is 0. The van der Waals surface area contributed by atoms with Gasteiger partial charge in [0.25, 0.3) is 5.88 Å². The first-order chi connectivity index (χ1) is 17.3. The van der Waals surface area contributed by atoms with Gasteiger partial charge in [0.1, 0.15) is 11.5 Å². The van der Waals surface area contributed by atoms with Gasteiger partial charge in [0.15, 0.2) is 0 Å². The Morgan fingerprint density at radius 3 is 2.03 bits per heavy atom. The van der Waals surface area contributed by atoms with E-state index in [0.29, 0.717) is 22.6 Å². The van der Waals surface area contributed by atoms with Crippen molar-refractivity contribution in [2.24, 2.45) is 0 Å². The molecule has 186 valence electrons. The van der Waals surface area contributed by atoms with Gasteiger partial charge in [-0.1, -0.05) is 41.6 Å². The summed E-state index contributed by atoms with van der Waals surface area (Å²) in [5.41, 5.74) is 1.41. The highest BCUT2D eigenvalue weighted by atomic mass is 19.4. The highest BCUT2D eigenvalue weighted by Gasteiger charge is 2.30. The molecule has 0 atom stereocenters. The first kappa shape index (κ1) is 24.8. The molecule has 1 heterocycles. The van der Waals surface area contributed by atoms with Crippen molar-refractivity contribution in [3.8, 4) is 28.5 Å². The summed E-state index contributed by atoms with van der Waals surface area (Å²) in [6.45, 7) is 2.11. The molecule has 0 aliphatic carbocycles. The van der Waals surface area contributed by atoms with E-state index in [1.54, 1.807) is 50.4 Å². The largest absolute Gasteiger partial charge is 0.497 e. The quantitative estimate of drug-likeness (QED) is 0.279. The van der Waals surface area contributed by atoms with Crippen LogP contribution in [0.5, 0.6) is 17.4 Å². The van der Waals surface area contributed by atoms with Gasteiger partial charge in [-0.25, -0.2) is 9.48 Å². The van der Waals surface area contributed by atoms with Crippen molar-refractivity contribution in [3.05, 3.63) is 89.6 Å². The van der Waals surface area contributed by atoms with E-state index in [1.165, 1.54) is 16.8 Å². The van der Waals surface area contributed by atoms with Crippen LogP contribution in [0, 0.1) is 0 Å². The molecule has 0 aliphatic heterocycles. The standard InChI is InChI=1S/C26H22F3N3O4/c1-3-35-25(33)23-24(32(31-30-23)16-17-4-12-21(34-2)13-5-17)36-22-14-8-19(9-15-22)18-6-10-20(11-7-18)26(27,28)29/h4-15H,3,16H2,1-2H3. The maximum Gasteiger partial charge on any atom is 0.416 e. The molecule has 0 N–H and O–H groups in total. The minimum Gasteiger partial charge on any atom is -0.497 e. The Morgan fingerprint density at radius 2 is 1.47 bits per heavy atom. The molecule has 1 aromatic heterocycles. The van der Waals surface area contributed by atoms with Crippen LogP contribution in [-0.2, 0) is 17.5 Å². The summed E-state index contributed by atoms with van der Waals surface area (Å²) >= 11 is 0. The van der Waals surface area contributed by atoms with Crippen LogP contribution in [0.1, 0.15) is 28.5 Å². The Morgan fingerprint density at radius 1 is 0.889 bits per heavy atom. The van der Waals surface area contributed by atoms with Crippen LogP contribution in [0.2, 0.25) is 0 Å². The molecule has 7 nitrogen and oxygen atoms in total. The van der Waals surface area contributed by atoms with Gasteiger partial charge in [0.2, 0.25) is 5.69 Å². The molecule has 0 fully saturated rings. The monoisotopic (exact) mass is 497 g/mol. The van der Waals surface area contributed by atoms with Gasteiger partial charge in [-0.15, -0.1) is 5.10 Å². The highest BCUT2D eigenvalue weighted by Crippen LogP contribution is 2.32. The first-order valence-corrected chi connectivity index (χ1v) is 11.0. The molecular formula is C26H22F3N3O4. The number of ether oxygens (including phenoxy) is 3. The van der Waals surface area contributed by atoms with Crippen LogP contribution in [0.25, 0.3) is 11.1 Å². The molecule has 0 unspecified atom stereocenters. The fourth-order valence-corrected chi connectivity index (χ4v) is 3.42. The van der Waals surface area contributed by atoms with Gasteiger partial charge in [-0.3, -0.25) is 0 Å². The summed E-state index contributed by atoms with van der Waals surface area (Å²) in [6.07, 6.45) is -4.39. The van der Waals surface area contributed by atoms with Crippen molar-refractivity contribution in [2.45, 2.75) is 19.6 Å². The van der Waals surface area contributed by atoms with E-state index in [9.17, 15) is 18.0 Å². The smallest absolute Gasteiger partial charge is 0.416 e. The zero-order valence-corrected chi connectivity index (χ0v) is 19.5. The Labute approximate surface area is 205 Å². The lowest BCUT2D eigenvalue weighted by molar-refractivity contribution is -0.137. The molecule has 0 amide bonds. The number of hydrogen-bond acceptors (Lipinski definition) is 6. The van der Waals surface area contributed by atoms with Crippen LogP contribution >= 0.6 is 0 Å². The van der Waals surface area contributed by atoms with Crippen molar-refractivity contribution in [1.82, 2.24) is 15.0 Å². The number of carbonyl (C=O) groups is 1. The molecule has 4 aromatic rings. The summed E-state index contributed by atoms with van der Waals surface area (Å²) in [5, 5.41) is 8.02. The lowest BCUT2D eigenvalue weighted by Gasteiger charge is -2.11. The fraction of sp³-hybridized carbons (Fsp3) is 0.192. The molecule has 0 aliphatic rings. The number of carbonyl (C=O) groups excluding carboxylic acids is 1. The van der Waals surface area contributed by atoms with Crippen molar-refractivity contribution >= 4 is 5.97 Å². The summed E-state index contributed by atoms with van der Waals surface area (Å²) < 4.78 is 56.2. The number of methoxy groups -OCH3 is 1. The third-order valence-corrected chi connectivity index (χ3v) is 5.26. The van der Waals surface area contributed by atoms with Gasteiger partial charge in [0.05, 0.1) is 25.8 Å². The Balaban J connectivity index is 1.58. The molecule has 4 rings (SSSR count). The predicted molar refractivity (Wildman–Crippen MR) is 125 cm³/mol. The number of aromatic nitrogens is 3. The summed E-state index contributed by atoms with van der Waals surface area (Å²) in [6, 6.07) is 18.9. The normalized spacial score (nSPS) is 11.2. The average molecular weight is 497 g/mol. The summed E-state index contributed by atoms with van der Waals surface area (Å²) in [4.78, 5) is 12.4. The predicted octanol–water partition coefficient (Wildman–Crippen LogP) is 5.99. The van der Waals surface area contributed by atoms with Gasteiger partial charge in [0, 0.05) is 0 Å². The van der Waals surface area contributed by atoms with Crippen LogP contribution in [0.15, 0.2) is 72.8 Å². The van der Waals surface area contributed by atoms with Crippen molar-refractivity contribution in [3.63, 3.8) is 0 Å². The number of benzene rings is 3. The SMILES string of the molecule is CCOC(=O)c1nnn(Cc2ccc(OC)cc2)c1Oc1ccc(-c2ccc(C(F)(F)F)cc2)cc1. The third kappa shape index (κ3) is 5.65. The van der Waals surface area contributed by atoms with Gasteiger partial charge < -0.3 is 14.2 Å². The van der Waals surface area contributed by atoms with E-state index in [4.69, 9.17) is 14.2 Å². The summed E-state index contributed by atoms with van der Waals surface area (Å²) in [7, 11) is 1.58. The van der Waals surface area contributed by atoms with Gasteiger partial charge in [-0.2, -0.15) is 13.2 Å². The van der Waals surface area contributed by atoms with Crippen LogP contribution in [0.3, 0.4) is 0 Å². The molecule has 10 heteroatoms. The van der Waals surface area contributed by atoms with Gasteiger partial charge >= 0.3 is 12.1 Å². The van der Waals surface area contributed by atoms with Crippen LogP contribution in [-0.4, -0.2) is 34.7 Å². The molecule has 0 saturated heterocycles. The minimum absolute atomic E-state index is 0.0721. The summed E-state index contributed by atoms with van der Waals surface area (Å²) in [5.74, 6) is 0.519. The van der Waals surface area contributed by atoms with Crippen molar-refractivity contribution in [2.75, 3.05) is 13.7 Å². The second-order valence-electron chi connectivity index (χ2n) is 7.67. The van der Waals surface area contributed by atoms with E-state index < -0.39 is 17.7 Å². The van der Waals surface area contributed by atoms with E-state index in [1.807, 2.05) is 12.1 Å². The zero-order chi connectivity index (χ0) is 25.7. The van der Waals surface area contributed by atoms with E-state index >= 15 is 0 Å². The third-order valence-electron chi connectivity index (χ3n) is 5.26. The Hall–Kier alpha value is -4.34. The zero-order valence-electron chi connectivity index (χ0n) is 19.5. The molecular weight excluding hydrogens is 475 g/mol. The lowest BCUT2D eigenvalue weighted by atomic mass is 10.0. The number of nitrogens with zero attached hydrogens (tertiary/aromatic N) is 3. The number of rotatable bonds is 8. The van der Waals surface area contributed by atoms with Crippen molar-refractivity contribution < 1.29 is 32.2 Å². The second kappa shape index (κ2) is 10.5. The first-order valence-electron chi connectivity index (χ1n) is 11.0. The molecule has 0 radical (unpaired) electrons. The Kier molecular flexibility index (Phi) is 7.23. The van der Waals surface area contributed by atoms with Crippen LogP contribution < -0.4 is 9.47 Å². The van der Waals surface area contributed by atoms with Crippen LogP contribution in [0.4, 0.5) is 13.2 Å². The number of esters is 1. The highest BCUT2D eigenvalue weighted by molar-refractivity contribution is 5.89. The van der Waals surface area contributed by atoms with Gasteiger partial charge in [-0.05, 0) is 60.0 Å².